The van der Waals surface area contributed by atoms with Crippen LogP contribution in [0.2, 0.25) is 0 Å². The van der Waals surface area contributed by atoms with E-state index in [1.165, 1.54) is 0 Å². The Morgan fingerprint density at radius 1 is 1.50 bits per heavy atom. The zero-order valence-corrected chi connectivity index (χ0v) is 9.22. The van der Waals surface area contributed by atoms with Gasteiger partial charge in [0.2, 0.25) is 10.0 Å². The Kier molecular flexibility index (Phi) is 4.31. The van der Waals surface area contributed by atoms with Crippen molar-refractivity contribution in [1.82, 2.24) is 4.72 Å². The van der Waals surface area contributed by atoms with Crippen molar-refractivity contribution in [3.63, 3.8) is 0 Å². The van der Waals surface area contributed by atoms with Crippen molar-refractivity contribution < 1.29 is 13.2 Å². The Labute approximate surface area is 85.1 Å². The van der Waals surface area contributed by atoms with Crippen molar-refractivity contribution in [3.05, 3.63) is 0 Å². The number of hydrogen-bond donors (Lipinski definition) is 2. The summed E-state index contributed by atoms with van der Waals surface area (Å²) in [5.41, 5.74) is 5.36. The molecule has 1 aliphatic heterocycles. The van der Waals surface area contributed by atoms with E-state index in [0.717, 1.165) is 0 Å². The molecule has 0 bridgehead atoms. The van der Waals surface area contributed by atoms with Crippen molar-refractivity contribution in [3.8, 4) is 0 Å². The summed E-state index contributed by atoms with van der Waals surface area (Å²) in [6, 6.07) is -0.192. The fraction of sp³-hybridized carbons (Fsp3) is 1.00. The monoisotopic (exact) mass is 222 g/mol. The van der Waals surface area contributed by atoms with Gasteiger partial charge in [0.05, 0.1) is 5.25 Å². The summed E-state index contributed by atoms with van der Waals surface area (Å²) in [5.74, 6) is 0. The first kappa shape index (κ1) is 11.9. The third-order valence-electron chi connectivity index (χ3n) is 2.33. The van der Waals surface area contributed by atoms with Gasteiger partial charge < -0.3 is 10.5 Å². The first-order chi connectivity index (χ1) is 6.56. The van der Waals surface area contributed by atoms with Gasteiger partial charge in [0, 0.05) is 25.8 Å². The highest BCUT2D eigenvalue weighted by Gasteiger charge is 2.28. The van der Waals surface area contributed by atoms with Crippen LogP contribution < -0.4 is 10.5 Å². The first-order valence-electron chi connectivity index (χ1n) is 4.85. The minimum absolute atomic E-state index is 0.192. The Hall–Kier alpha value is -0.170. The number of nitrogens with one attached hydrogen (secondary N) is 1. The zero-order chi connectivity index (χ0) is 10.6. The van der Waals surface area contributed by atoms with Crippen LogP contribution in [0, 0.1) is 0 Å². The molecule has 1 atom stereocenters. The van der Waals surface area contributed by atoms with Gasteiger partial charge in [-0.15, -0.1) is 0 Å². The maximum absolute atomic E-state index is 11.7. The second-order valence-corrected chi connectivity index (χ2v) is 5.60. The number of hydrogen-bond acceptors (Lipinski definition) is 4. The van der Waals surface area contributed by atoms with Gasteiger partial charge in [0.15, 0.2) is 0 Å². The van der Waals surface area contributed by atoms with Crippen molar-refractivity contribution in [1.29, 1.82) is 0 Å². The van der Waals surface area contributed by atoms with Gasteiger partial charge in [0.1, 0.15) is 0 Å². The number of rotatable bonds is 4. The molecule has 0 radical (unpaired) electrons. The normalized spacial score (nSPS) is 22.1. The molecule has 0 aromatic carbocycles. The van der Waals surface area contributed by atoms with E-state index < -0.39 is 10.0 Å². The molecule has 0 aromatic heterocycles. The minimum atomic E-state index is -3.20. The van der Waals surface area contributed by atoms with Gasteiger partial charge in [-0.3, -0.25) is 0 Å². The fourth-order valence-corrected chi connectivity index (χ4v) is 3.07. The van der Waals surface area contributed by atoms with Crippen LogP contribution in [0.3, 0.4) is 0 Å². The van der Waals surface area contributed by atoms with Crippen molar-refractivity contribution >= 4 is 10.0 Å². The van der Waals surface area contributed by atoms with E-state index >= 15 is 0 Å². The lowest BCUT2D eigenvalue weighted by atomic mass is 10.2. The SMILES string of the molecule is CC(CN)NS(=O)(=O)C1CCOCC1. The molecule has 0 aromatic rings. The molecular formula is C8H18N2O3S. The van der Waals surface area contributed by atoms with Crippen LogP contribution in [0.4, 0.5) is 0 Å². The van der Waals surface area contributed by atoms with Crippen LogP contribution >= 0.6 is 0 Å². The summed E-state index contributed by atoms with van der Waals surface area (Å²) in [5, 5.41) is -0.315. The van der Waals surface area contributed by atoms with Crippen molar-refractivity contribution in [2.24, 2.45) is 5.73 Å². The molecule has 0 amide bonds. The summed E-state index contributed by atoms with van der Waals surface area (Å²) in [6.45, 7) is 3.14. The molecule has 1 fully saturated rings. The molecule has 3 N–H and O–H groups in total. The number of nitrogens with two attached hydrogens (primary N) is 1. The average Bonchev–Trinajstić information content (AvgIpc) is 2.18. The lowest BCUT2D eigenvalue weighted by molar-refractivity contribution is 0.0981. The third kappa shape index (κ3) is 3.20. The first-order valence-corrected chi connectivity index (χ1v) is 6.40. The zero-order valence-electron chi connectivity index (χ0n) is 8.40. The van der Waals surface area contributed by atoms with Crippen LogP contribution in [0.1, 0.15) is 19.8 Å². The molecular weight excluding hydrogens is 204 g/mol. The molecule has 14 heavy (non-hydrogen) atoms. The van der Waals surface area contributed by atoms with Gasteiger partial charge in [-0.1, -0.05) is 0 Å². The summed E-state index contributed by atoms with van der Waals surface area (Å²) >= 11 is 0. The van der Waals surface area contributed by atoms with Gasteiger partial charge in [0.25, 0.3) is 0 Å². The molecule has 1 saturated heterocycles. The number of ether oxygens (including phenoxy) is 1. The Morgan fingerprint density at radius 2 is 2.07 bits per heavy atom. The minimum Gasteiger partial charge on any atom is -0.381 e. The van der Waals surface area contributed by atoms with Crippen LogP contribution in [-0.2, 0) is 14.8 Å². The highest BCUT2D eigenvalue weighted by atomic mass is 32.2. The molecule has 84 valence electrons. The maximum atomic E-state index is 11.7. The quantitative estimate of drug-likeness (QED) is 0.667. The summed E-state index contributed by atoms with van der Waals surface area (Å²) in [6.07, 6.45) is 1.15. The van der Waals surface area contributed by atoms with E-state index in [1.54, 1.807) is 6.92 Å². The van der Waals surface area contributed by atoms with Gasteiger partial charge in [-0.2, -0.15) is 0 Å². The molecule has 6 heteroatoms. The van der Waals surface area contributed by atoms with E-state index in [-0.39, 0.29) is 11.3 Å². The Balaban J connectivity index is 2.54. The van der Waals surface area contributed by atoms with Crippen molar-refractivity contribution in [2.75, 3.05) is 19.8 Å². The lowest BCUT2D eigenvalue weighted by Crippen LogP contribution is -2.44. The van der Waals surface area contributed by atoms with Gasteiger partial charge in [-0.05, 0) is 19.8 Å². The molecule has 1 unspecified atom stereocenters. The van der Waals surface area contributed by atoms with Gasteiger partial charge in [-0.25, -0.2) is 13.1 Å². The number of sulfonamides is 1. The molecule has 5 nitrogen and oxygen atoms in total. The molecule has 0 aliphatic carbocycles. The predicted molar refractivity (Wildman–Crippen MR) is 54.4 cm³/mol. The highest BCUT2D eigenvalue weighted by Crippen LogP contribution is 2.14. The second kappa shape index (κ2) is 5.06. The molecule has 1 aliphatic rings. The average molecular weight is 222 g/mol. The Morgan fingerprint density at radius 3 is 2.57 bits per heavy atom. The molecule has 0 spiro atoms. The van der Waals surface area contributed by atoms with E-state index in [4.69, 9.17) is 10.5 Å². The topological polar surface area (TPSA) is 81.4 Å². The van der Waals surface area contributed by atoms with E-state index in [1.807, 2.05) is 0 Å². The summed E-state index contributed by atoms with van der Waals surface area (Å²) < 4.78 is 31.1. The standard InChI is InChI=1S/C8H18N2O3S/c1-7(6-9)10-14(11,12)8-2-4-13-5-3-8/h7-8,10H,2-6,9H2,1H3. The predicted octanol–water partition coefficient (Wildman–Crippen LogP) is -0.568. The molecule has 1 heterocycles. The van der Waals surface area contributed by atoms with Gasteiger partial charge >= 0.3 is 0 Å². The molecule has 1 rings (SSSR count). The smallest absolute Gasteiger partial charge is 0.214 e. The van der Waals surface area contributed by atoms with Crippen LogP contribution in [0.25, 0.3) is 0 Å². The fourth-order valence-electron chi connectivity index (χ4n) is 1.41. The third-order valence-corrected chi connectivity index (χ3v) is 4.41. The lowest BCUT2D eigenvalue weighted by Gasteiger charge is -2.24. The largest absolute Gasteiger partial charge is 0.381 e. The van der Waals surface area contributed by atoms with Crippen LogP contribution in [0.15, 0.2) is 0 Å². The van der Waals surface area contributed by atoms with E-state index in [0.29, 0.717) is 32.6 Å². The summed E-state index contributed by atoms with van der Waals surface area (Å²) in [4.78, 5) is 0. The highest BCUT2D eigenvalue weighted by molar-refractivity contribution is 7.90. The van der Waals surface area contributed by atoms with Crippen LogP contribution in [0.5, 0.6) is 0 Å². The molecule has 0 saturated carbocycles. The van der Waals surface area contributed by atoms with E-state index in [2.05, 4.69) is 4.72 Å². The second-order valence-electron chi connectivity index (χ2n) is 3.61. The Bertz CT molecular complexity index is 260. The van der Waals surface area contributed by atoms with Crippen LogP contribution in [-0.4, -0.2) is 39.5 Å². The maximum Gasteiger partial charge on any atom is 0.214 e. The summed E-state index contributed by atoms with van der Waals surface area (Å²) in [7, 11) is -3.20. The van der Waals surface area contributed by atoms with Crippen molar-refractivity contribution in [2.45, 2.75) is 31.1 Å². The van der Waals surface area contributed by atoms with E-state index in [9.17, 15) is 8.42 Å².